The van der Waals surface area contributed by atoms with Gasteiger partial charge in [-0.25, -0.2) is 30.3 Å². The predicted molar refractivity (Wildman–Crippen MR) is 151 cm³/mol. The predicted octanol–water partition coefficient (Wildman–Crippen LogP) is 2.46. The summed E-state index contributed by atoms with van der Waals surface area (Å²) in [7, 11) is -6.10. The first-order valence-corrected chi connectivity index (χ1v) is 16.3. The highest BCUT2D eigenvalue weighted by Crippen LogP contribution is 2.38. The molecule has 2 aliphatic rings. The van der Waals surface area contributed by atoms with Crippen LogP contribution in [0.1, 0.15) is 12.8 Å². The van der Waals surface area contributed by atoms with Crippen LogP contribution in [0.2, 0.25) is 0 Å². The highest BCUT2D eigenvalue weighted by molar-refractivity contribution is 7.89. The number of halogens is 2. The van der Waals surface area contributed by atoms with Gasteiger partial charge in [0.2, 0.25) is 20.0 Å². The molecule has 3 aromatic rings. The summed E-state index contributed by atoms with van der Waals surface area (Å²) in [6.07, 6.45) is 2.60. The number of likely N-dealkylation sites (N-methyl/N-ethyl adjacent to an activating group) is 1. The van der Waals surface area contributed by atoms with Crippen molar-refractivity contribution in [2.24, 2.45) is 5.41 Å². The lowest BCUT2D eigenvalue weighted by Gasteiger charge is -2.43. The SMILES string of the molecule is CN1CC(O)CNS(=O)(=O)c2ccc(-c3ccc(F)cc3F)cc2OCC2(CCN(S(=O)(=O)c3cccnc3)CC2)C1. The summed E-state index contributed by atoms with van der Waals surface area (Å²) in [5, 5.41) is 10.6. The first-order valence-electron chi connectivity index (χ1n) is 13.4. The Morgan fingerprint density at radius 1 is 1.12 bits per heavy atom. The van der Waals surface area contributed by atoms with E-state index in [1.165, 1.54) is 47.0 Å². The Morgan fingerprint density at radius 3 is 2.57 bits per heavy atom. The van der Waals surface area contributed by atoms with E-state index in [9.17, 15) is 30.7 Å². The van der Waals surface area contributed by atoms with Gasteiger partial charge in [0.1, 0.15) is 27.2 Å². The normalized spacial score (nSPS) is 22.0. The molecule has 2 N–H and O–H groups in total. The van der Waals surface area contributed by atoms with Crippen LogP contribution in [-0.4, -0.2) is 88.6 Å². The third-order valence-corrected chi connectivity index (χ3v) is 11.0. The average Bonchev–Trinajstić information content (AvgIpc) is 2.95. The second-order valence-corrected chi connectivity index (χ2v) is 14.5. The van der Waals surface area contributed by atoms with Crippen molar-refractivity contribution >= 4 is 20.0 Å². The summed E-state index contributed by atoms with van der Waals surface area (Å²) in [6, 6.07) is 10.3. The van der Waals surface area contributed by atoms with E-state index in [-0.39, 0.29) is 59.5 Å². The summed E-state index contributed by atoms with van der Waals surface area (Å²) in [4.78, 5) is 5.71. The van der Waals surface area contributed by atoms with Crippen LogP contribution in [0.4, 0.5) is 8.78 Å². The first kappa shape index (κ1) is 30.4. The third-order valence-electron chi connectivity index (χ3n) is 7.70. The number of piperidine rings is 1. The van der Waals surface area contributed by atoms with Gasteiger partial charge in [0, 0.05) is 62.2 Å². The van der Waals surface area contributed by atoms with E-state index in [4.69, 9.17) is 4.74 Å². The third kappa shape index (κ3) is 6.48. The molecule has 1 unspecified atom stereocenters. The topological polar surface area (TPSA) is 129 Å². The average molecular weight is 623 g/mol. The Morgan fingerprint density at radius 2 is 1.88 bits per heavy atom. The standard InChI is InChI=1S/C28H32F2N4O6S2/c1-33-17-22(35)15-32-41(36,37)27-7-4-20(24-6-5-21(29)14-25(24)30)13-26(27)40-19-28(18-33)8-11-34(12-9-28)42(38,39)23-3-2-10-31-16-23/h2-7,10,13-14,16,22,32,35H,8-9,11-12,15,17-19H2,1H3. The van der Waals surface area contributed by atoms with Crippen LogP contribution in [0.5, 0.6) is 5.75 Å². The second kappa shape index (κ2) is 11.9. The monoisotopic (exact) mass is 622 g/mol. The number of ether oxygens (including phenoxy) is 1. The minimum atomic E-state index is -4.14. The summed E-state index contributed by atoms with van der Waals surface area (Å²) < 4.78 is 91.1. The van der Waals surface area contributed by atoms with Crippen LogP contribution in [0.25, 0.3) is 11.1 Å². The number of pyridine rings is 1. The maximum atomic E-state index is 14.6. The fourth-order valence-corrected chi connectivity index (χ4v) is 8.11. The number of benzene rings is 2. The molecule has 5 rings (SSSR count). The maximum absolute atomic E-state index is 14.6. The molecule has 1 aromatic heterocycles. The van der Waals surface area contributed by atoms with E-state index in [1.807, 2.05) is 4.90 Å². The molecular weight excluding hydrogens is 590 g/mol. The molecule has 1 atom stereocenters. The van der Waals surface area contributed by atoms with E-state index in [1.54, 1.807) is 13.1 Å². The van der Waals surface area contributed by atoms with Crippen LogP contribution < -0.4 is 9.46 Å². The Balaban J connectivity index is 1.48. The van der Waals surface area contributed by atoms with Gasteiger partial charge < -0.3 is 14.7 Å². The van der Waals surface area contributed by atoms with E-state index in [2.05, 4.69) is 9.71 Å². The quantitative estimate of drug-likeness (QED) is 0.456. The van der Waals surface area contributed by atoms with Gasteiger partial charge in [-0.05, 0) is 61.9 Å². The van der Waals surface area contributed by atoms with E-state index in [0.717, 1.165) is 12.1 Å². The number of rotatable bonds is 3. The number of nitrogens with one attached hydrogen (secondary N) is 1. The molecule has 10 nitrogen and oxygen atoms in total. The lowest BCUT2D eigenvalue weighted by molar-refractivity contribution is 0.0318. The number of fused-ring (bicyclic) bond motifs is 1. The van der Waals surface area contributed by atoms with E-state index in [0.29, 0.717) is 19.4 Å². The molecule has 0 saturated carbocycles. The van der Waals surface area contributed by atoms with Crippen LogP contribution >= 0.6 is 0 Å². The van der Waals surface area contributed by atoms with E-state index >= 15 is 0 Å². The van der Waals surface area contributed by atoms with Crippen LogP contribution in [0, 0.1) is 17.0 Å². The van der Waals surface area contributed by atoms with Gasteiger partial charge in [0.25, 0.3) is 0 Å². The molecule has 14 heteroatoms. The molecule has 0 amide bonds. The van der Waals surface area contributed by atoms with Crippen molar-refractivity contribution in [3.63, 3.8) is 0 Å². The van der Waals surface area contributed by atoms with Crippen LogP contribution in [-0.2, 0) is 20.0 Å². The van der Waals surface area contributed by atoms with Crippen molar-refractivity contribution in [2.45, 2.75) is 28.7 Å². The minimum absolute atomic E-state index is 0.0338. The summed E-state index contributed by atoms with van der Waals surface area (Å²) >= 11 is 0. The number of sulfonamides is 2. The molecular formula is C28H32F2N4O6S2. The molecule has 2 aromatic carbocycles. The van der Waals surface area contributed by atoms with Crippen molar-refractivity contribution in [2.75, 3.05) is 46.4 Å². The van der Waals surface area contributed by atoms with E-state index < -0.39 is 43.2 Å². The lowest BCUT2D eigenvalue weighted by Crippen LogP contribution is -2.51. The van der Waals surface area contributed by atoms with Gasteiger partial charge in [-0.1, -0.05) is 6.07 Å². The highest BCUT2D eigenvalue weighted by Gasteiger charge is 2.41. The maximum Gasteiger partial charge on any atom is 0.244 e. The molecule has 0 aliphatic carbocycles. The zero-order valence-electron chi connectivity index (χ0n) is 22.9. The highest BCUT2D eigenvalue weighted by atomic mass is 32.2. The Bertz CT molecular complexity index is 1650. The first-order chi connectivity index (χ1) is 19.9. The number of aliphatic hydroxyl groups is 1. The molecule has 1 spiro atoms. The van der Waals surface area contributed by atoms with Crippen molar-refractivity contribution in [3.8, 4) is 16.9 Å². The number of β-amino-alcohol motifs (C(OH)–C–C–N with tert-alkyl or cyclic N) is 1. The molecule has 2 aliphatic heterocycles. The van der Waals surface area contributed by atoms with Gasteiger partial charge in [-0.3, -0.25) is 4.98 Å². The lowest BCUT2D eigenvalue weighted by atomic mass is 9.79. The fraction of sp³-hybridized carbons (Fsp3) is 0.393. The summed E-state index contributed by atoms with van der Waals surface area (Å²) in [5.74, 6) is -1.59. The second-order valence-electron chi connectivity index (χ2n) is 10.9. The molecule has 3 heterocycles. The molecule has 0 radical (unpaired) electrons. The number of aromatic nitrogens is 1. The molecule has 42 heavy (non-hydrogen) atoms. The summed E-state index contributed by atoms with van der Waals surface area (Å²) in [5.41, 5.74) is -0.240. The minimum Gasteiger partial charge on any atom is -0.492 e. The van der Waals surface area contributed by atoms with Crippen molar-refractivity contribution in [3.05, 3.63) is 72.6 Å². The number of hydrogen-bond donors (Lipinski definition) is 2. The Hall–Kier alpha value is -3.01. The number of nitrogens with zero attached hydrogens (tertiary/aromatic N) is 3. The van der Waals surface area contributed by atoms with Crippen LogP contribution in [0.15, 0.2) is 70.7 Å². The van der Waals surface area contributed by atoms with Crippen molar-refractivity contribution < 1.29 is 35.5 Å². The smallest absolute Gasteiger partial charge is 0.244 e. The Kier molecular flexibility index (Phi) is 8.65. The van der Waals surface area contributed by atoms with Gasteiger partial charge in [-0.15, -0.1) is 0 Å². The van der Waals surface area contributed by atoms with Crippen molar-refractivity contribution in [1.29, 1.82) is 0 Å². The number of aliphatic hydroxyl groups excluding tert-OH is 1. The van der Waals surface area contributed by atoms with Gasteiger partial charge in [0.15, 0.2) is 0 Å². The van der Waals surface area contributed by atoms with Crippen molar-refractivity contribution in [1.82, 2.24) is 18.9 Å². The largest absolute Gasteiger partial charge is 0.492 e. The van der Waals surface area contributed by atoms with Gasteiger partial charge >= 0.3 is 0 Å². The number of hydrogen-bond acceptors (Lipinski definition) is 8. The van der Waals surface area contributed by atoms with Gasteiger partial charge in [-0.2, -0.15) is 4.31 Å². The molecule has 0 bridgehead atoms. The molecule has 1 saturated heterocycles. The zero-order valence-corrected chi connectivity index (χ0v) is 24.5. The molecule has 226 valence electrons. The van der Waals surface area contributed by atoms with Crippen LogP contribution in [0.3, 0.4) is 0 Å². The summed E-state index contributed by atoms with van der Waals surface area (Å²) in [6.45, 7) is 0.808. The molecule has 1 fully saturated rings. The van der Waals surface area contributed by atoms with Gasteiger partial charge in [0.05, 0.1) is 12.7 Å². The fourth-order valence-electron chi connectivity index (χ4n) is 5.51. The Labute approximate surface area is 244 Å². The zero-order chi connectivity index (χ0) is 30.1.